The number of hydrogen-bond acceptors (Lipinski definition) is 4. The Morgan fingerprint density at radius 1 is 1.58 bits per heavy atom. The van der Waals surface area contributed by atoms with Gasteiger partial charge in [-0.25, -0.2) is 0 Å². The van der Waals surface area contributed by atoms with Crippen LogP contribution in [0.15, 0.2) is 11.0 Å². The van der Waals surface area contributed by atoms with Crippen molar-refractivity contribution in [2.45, 2.75) is 19.4 Å². The van der Waals surface area contributed by atoms with Gasteiger partial charge in [-0.05, 0) is 6.42 Å². The van der Waals surface area contributed by atoms with Crippen LogP contribution in [0.25, 0.3) is 0 Å². The zero-order valence-corrected chi connectivity index (χ0v) is 7.45. The minimum atomic E-state index is -4.39. The molecule has 1 unspecified atom stereocenters. The number of rotatable bonds is 4. The molecule has 0 aromatic heterocycles. The lowest BCUT2D eigenvalue weighted by Crippen LogP contribution is -2.21. The number of hydrogen-bond donors (Lipinski definition) is 3. The normalized spacial score (nSPS) is 16.2. The molecule has 0 bridgehead atoms. The van der Waals surface area contributed by atoms with E-state index in [0.29, 0.717) is 6.42 Å². The summed E-state index contributed by atoms with van der Waals surface area (Å²) in [5.74, 6) is 0. The molecule has 0 saturated carbocycles. The van der Waals surface area contributed by atoms with Crippen molar-refractivity contribution in [3.05, 3.63) is 11.0 Å². The summed E-state index contributed by atoms with van der Waals surface area (Å²) in [6, 6.07) is 0. The van der Waals surface area contributed by atoms with Crippen LogP contribution in [0.2, 0.25) is 0 Å². The molecule has 12 heavy (non-hydrogen) atoms. The van der Waals surface area contributed by atoms with Gasteiger partial charge in [-0.1, -0.05) is 13.0 Å². The Bertz CT molecular complexity index is 253. The van der Waals surface area contributed by atoms with Crippen LogP contribution in [0.5, 0.6) is 0 Å². The van der Waals surface area contributed by atoms with E-state index < -0.39 is 27.7 Å². The Labute approximate surface area is 71.1 Å². The Morgan fingerprint density at radius 3 is 2.33 bits per heavy atom. The monoisotopic (exact) mass is 196 g/mol. The third kappa shape index (κ3) is 3.31. The van der Waals surface area contributed by atoms with Crippen LogP contribution in [-0.2, 0) is 10.1 Å². The molecule has 0 aliphatic rings. The van der Waals surface area contributed by atoms with Gasteiger partial charge in [0.05, 0.1) is 11.5 Å². The molecule has 0 amide bonds. The molecule has 0 spiro atoms. The molecule has 0 heterocycles. The zero-order chi connectivity index (χ0) is 9.78. The molecule has 72 valence electrons. The van der Waals surface area contributed by atoms with Crippen molar-refractivity contribution in [1.82, 2.24) is 0 Å². The molecule has 3 N–H and O–H groups in total. The van der Waals surface area contributed by atoms with Gasteiger partial charge in [0.2, 0.25) is 0 Å². The first-order valence-corrected chi connectivity index (χ1v) is 4.84. The summed E-state index contributed by atoms with van der Waals surface area (Å²) in [7, 11) is -4.39. The summed E-state index contributed by atoms with van der Waals surface area (Å²) in [6.07, 6.45) is -0.0393. The summed E-state index contributed by atoms with van der Waals surface area (Å²) in [5, 5.41) is 17.4. The van der Waals surface area contributed by atoms with E-state index in [-0.39, 0.29) is 0 Å². The molecule has 0 radical (unpaired) electrons. The van der Waals surface area contributed by atoms with Gasteiger partial charge in [0.15, 0.2) is 0 Å². The minimum Gasteiger partial charge on any atom is -0.393 e. The summed E-state index contributed by atoms with van der Waals surface area (Å²) in [5.41, 5.74) is 0. The molecule has 0 fully saturated rings. The van der Waals surface area contributed by atoms with E-state index in [2.05, 4.69) is 0 Å². The van der Waals surface area contributed by atoms with E-state index in [1.165, 1.54) is 0 Å². The van der Waals surface area contributed by atoms with E-state index in [9.17, 15) is 8.42 Å². The summed E-state index contributed by atoms with van der Waals surface area (Å²) < 4.78 is 29.6. The molecule has 0 saturated heterocycles. The molecule has 0 aromatic rings. The summed E-state index contributed by atoms with van der Waals surface area (Å²) in [6.45, 7) is 0.918. The van der Waals surface area contributed by atoms with Crippen molar-refractivity contribution < 1.29 is 23.2 Å². The molecular weight excluding hydrogens is 184 g/mol. The minimum absolute atomic E-state index is 0.353. The van der Waals surface area contributed by atoms with Gasteiger partial charge in [0, 0.05) is 0 Å². The molecule has 5 nitrogen and oxygen atoms in total. The van der Waals surface area contributed by atoms with Gasteiger partial charge >= 0.3 is 0 Å². The SMILES string of the molecule is CCC=C(C(O)CO)S(=O)(=O)O. The van der Waals surface area contributed by atoms with Gasteiger partial charge in [0.25, 0.3) is 10.1 Å². The molecule has 0 aromatic carbocycles. The van der Waals surface area contributed by atoms with Crippen molar-refractivity contribution >= 4 is 10.1 Å². The average Bonchev–Trinajstić information content (AvgIpc) is 1.96. The van der Waals surface area contributed by atoms with E-state index >= 15 is 0 Å². The highest BCUT2D eigenvalue weighted by atomic mass is 32.2. The maximum Gasteiger partial charge on any atom is 0.292 e. The molecule has 0 aliphatic carbocycles. The Kier molecular flexibility index (Phi) is 4.40. The third-order valence-electron chi connectivity index (χ3n) is 1.20. The predicted octanol–water partition coefficient (Wildman–Crippen LogP) is -0.479. The Hall–Kier alpha value is -0.430. The van der Waals surface area contributed by atoms with Crippen LogP contribution in [0, 0.1) is 0 Å². The highest BCUT2D eigenvalue weighted by Gasteiger charge is 2.21. The smallest absolute Gasteiger partial charge is 0.292 e. The standard InChI is InChI=1S/C6H12O5S/c1-2-3-6(5(8)4-7)12(9,10)11/h3,5,7-8H,2,4H2,1H3,(H,9,10,11). The van der Waals surface area contributed by atoms with Gasteiger partial charge in [0.1, 0.15) is 6.10 Å². The lowest BCUT2D eigenvalue weighted by Gasteiger charge is -2.08. The van der Waals surface area contributed by atoms with Gasteiger partial charge in [-0.15, -0.1) is 0 Å². The topological polar surface area (TPSA) is 94.8 Å². The van der Waals surface area contributed by atoms with E-state index in [1.54, 1.807) is 6.92 Å². The van der Waals surface area contributed by atoms with Gasteiger partial charge in [-0.2, -0.15) is 8.42 Å². The van der Waals surface area contributed by atoms with Crippen molar-refractivity contribution in [2.24, 2.45) is 0 Å². The predicted molar refractivity (Wildman–Crippen MR) is 43.0 cm³/mol. The van der Waals surface area contributed by atoms with Crippen molar-refractivity contribution in [3.8, 4) is 0 Å². The Morgan fingerprint density at radius 2 is 2.08 bits per heavy atom. The van der Waals surface area contributed by atoms with Crippen molar-refractivity contribution in [3.63, 3.8) is 0 Å². The second-order valence-corrected chi connectivity index (χ2v) is 3.61. The average molecular weight is 196 g/mol. The fraction of sp³-hybridized carbons (Fsp3) is 0.667. The first-order chi connectivity index (χ1) is 5.43. The van der Waals surface area contributed by atoms with E-state index in [4.69, 9.17) is 14.8 Å². The highest BCUT2D eigenvalue weighted by molar-refractivity contribution is 7.89. The van der Waals surface area contributed by atoms with Gasteiger partial charge in [-0.3, -0.25) is 4.55 Å². The highest BCUT2D eigenvalue weighted by Crippen LogP contribution is 2.10. The second-order valence-electron chi connectivity index (χ2n) is 2.19. The quantitative estimate of drug-likeness (QED) is 0.528. The summed E-state index contributed by atoms with van der Waals surface area (Å²) >= 11 is 0. The fourth-order valence-electron chi connectivity index (χ4n) is 0.704. The van der Waals surface area contributed by atoms with Crippen LogP contribution < -0.4 is 0 Å². The van der Waals surface area contributed by atoms with Crippen molar-refractivity contribution in [1.29, 1.82) is 0 Å². The number of aliphatic hydroxyl groups is 2. The molecular formula is C6H12O5S. The lowest BCUT2D eigenvalue weighted by atomic mass is 10.3. The fourth-order valence-corrected chi connectivity index (χ4v) is 1.50. The molecule has 0 aliphatic heterocycles. The third-order valence-corrected chi connectivity index (χ3v) is 2.24. The molecule has 1 atom stereocenters. The zero-order valence-electron chi connectivity index (χ0n) is 6.64. The van der Waals surface area contributed by atoms with Crippen LogP contribution >= 0.6 is 0 Å². The van der Waals surface area contributed by atoms with Crippen LogP contribution in [0.1, 0.15) is 13.3 Å². The van der Waals surface area contributed by atoms with Gasteiger partial charge < -0.3 is 10.2 Å². The number of aliphatic hydroxyl groups excluding tert-OH is 2. The molecule has 0 rings (SSSR count). The van der Waals surface area contributed by atoms with Crippen LogP contribution in [0.4, 0.5) is 0 Å². The van der Waals surface area contributed by atoms with E-state index in [1.807, 2.05) is 0 Å². The Balaban J connectivity index is 4.82. The first kappa shape index (κ1) is 11.6. The van der Waals surface area contributed by atoms with E-state index in [0.717, 1.165) is 6.08 Å². The lowest BCUT2D eigenvalue weighted by molar-refractivity contribution is 0.126. The largest absolute Gasteiger partial charge is 0.393 e. The van der Waals surface area contributed by atoms with Crippen LogP contribution in [0.3, 0.4) is 0 Å². The number of allylic oxidation sites excluding steroid dienone is 1. The van der Waals surface area contributed by atoms with Crippen molar-refractivity contribution in [2.75, 3.05) is 6.61 Å². The van der Waals surface area contributed by atoms with Crippen LogP contribution in [-0.4, -0.2) is 35.9 Å². The molecule has 6 heteroatoms. The summed E-state index contributed by atoms with van der Waals surface area (Å²) in [4.78, 5) is -0.549. The second kappa shape index (κ2) is 4.56. The maximum absolute atomic E-state index is 10.5. The first-order valence-electron chi connectivity index (χ1n) is 3.40. The maximum atomic E-state index is 10.5.